The van der Waals surface area contributed by atoms with Crippen LogP contribution >= 0.6 is 0 Å². The highest BCUT2D eigenvalue weighted by atomic mass is 15.1. The first-order valence-electron chi connectivity index (χ1n) is 7.46. The lowest BCUT2D eigenvalue weighted by molar-refractivity contribution is 0.275. The molecule has 0 amide bonds. The van der Waals surface area contributed by atoms with Gasteiger partial charge in [0.25, 0.3) is 0 Å². The molecule has 1 aromatic rings. The summed E-state index contributed by atoms with van der Waals surface area (Å²) >= 11 is 0. The average Bonchev–Trinajstić information content (AvgIpc) is 2.68. The Morgan fingerprint density at radius 1 is 1.06 bits per heavy atom. The van der Waals surface area contributed by atoms with Crippen LogP contribution in [0.15, 0.2) is 18.2 Å². The van der Waals surface area contributed by atoms with E-state index in [9.17, 15) is 0 Å². The number of nitrogens with zero attached hydrogens (tertiary/aromatic N) is 1. The Morgan fingerprint density at radius 2 is 1.89 bits per heavy atom. The highest BCUT2D eigenvalue weighted by Crippen LogP contribution is 2.21. The van der Waals surface area contributed by atoms with Gasteiger partial charge in [-0.2, -0.15) is 0 Å². The first-order chi connectivity index (χ1) is 8.93. The van der Waals surface area contributed by atoms with Crippen LogP contribution in [0.5, 0.6) is 0 Å². The van der Waals surface area contributed by atoms with Crippen molar-refractivity contribution in [3.8, 4) is 0 Å². The van der Waals surface area contributed by atoms with Gasteiger partial charge in [-0.15, -0.1) is 0 Å². The summed E-state index contributed by atoms with van der Waals surface area (Å²) in [7, 11) is 0. The molecule has 0 atom stereocenters. The van der Waals surface area contributed by atoms with Crippen molar-refractivity contribution in [2.24, 2.45) is 0 Å². The van der Waals surface area contributed by atoms with Crippen molar-refractivity contribution in [3.05, 3.63) is 34.9 Å². The zero-order valence-electron chi connectivity index (χ0n) is 11.3. The molecular weight excluding hydrogens is 220 g/mol. The molecule has 2 heterocycles. The van der Waals surface area contributed by atoms with Crippen LogP contribution in [0.3, 0.4) is 0 Å². The summed E-state index contributed by atoms with van der Waals surface area (Å²) in [6.45, 7) is 5.94. The van der Waals surface area contributed by atoms with Crippen LogP contribution in [-0.2, 0) is 19.5 Å². The van der Waals surface area contributed by atoms with Gasteiger partial charge in [-0.25, -0.2) is 0 Å². The third kappa shape index (κ3) is 2.76. The van der Waals surface area contributed by atoms with Crippen LogP contribution in [0.1, 0.15) is 42.4 Å². The molecule has 2 aliphatic heterocycles. The van der Waals surface area contributed by atoms with Crippen molar-refractivity contribution in [2.45, 2.75) is 45.2 Å². The summed E-state index contributed by atoms with van der Waals surface area (Å²) in [6.07, 6.45) is 6.81. The number of nitrogens with one attached hydrogen (secondary N) is 1. The maximum Gasteiger partial charge on any atom is 0.0237 e. The molecule has 2 aliphatic rings. The standard InChI is InChI=1S/C16H24N2/c1-2-4-11-18(10-3-1)13-15-7-5-6-14-8-9-17-12-16(14)15/h5-7,17H,1-4,8-13H2. The molecule has 3 rings (SSSR count). The second kappa shape index (κ2) is 5.85. The smallest absolute Gasteiger partial charge is 0.0237 e. The zero-order chi connectivity index (χ0) is 12.2. The van der Waals surface area contributed by atoms with Gasteiger partial charge >= 0.3 is 0 Å². The molecule has 0 spiro atoms. The third-order valence-corrected chi connectivity index (χ3v) is 4.34. The van der Waals surface area contributed by atoms with Crippen LogP contribution in [-0.4, -0.2) is 24.5 Å². The lowest BCUT2D eigenvalue weighted by Gasteiger charge is -2.25. The Morgan fingerprint density at radius 3 is 2.72 bits per heavy atom. The van der Waals surface area contributed by atoms with Gasteiger partial charge in [0.1, 0.15) is 0 Å². The van der Waals surface area contributed by atoms with Crippen molar-refractivity contribution in [3.63, 3.8) is 0 Å². The zero-order valence-corrected chi connectivity index (χ0v) is 11.3. The van der Waals surface area contributed by atoms with E-state index in [1.807, 2.05) is 0 Å². The highest BCUT2D eigenvalue weighted by molar-refractivity contribution is 5.36. The summed E-state index contributed by atoms with van der Waals surface area (Å²) < 4.78 is 0. The van der Waals surface area contributed by atoms with Gasteiger partial charge in [-0.1, -0.05) is 31.0 Å². The van der Waals surface area contributed by atoms with E-state index in [2.05, 4.69) is 28.4 Å². The van der Waals surface area contributed by atoms with Gasteiger partial charge in [0.05, 0.1) is 0 Å². The van der Waals surface area contributed by atoms with Gasteiger partial charge < -0.3 is 5.32 Å². The first-order valence-corrected chi connectivity index (χ1v) is 7.46. The van der Waals surface area contributed by atoms with E-state index in [0.717, 1.165) is 19.6 Å². The van der Waals surface area contributed by atoms with Crippen LogP contribution in [0.25, 0.3) is 0 Å². The first kappa shape index (κ1) is 12.2. The number of benzene rings is 1. The molecule has 18 heavy (non-hydrogen) atoms. The largest absolute Gasteiger partial charge is 0.312 e. The fourth-order valence-corrected chi connectivity index (χ4v) is 3.27. The van der Waals surface area contributed by atoms with Crippen molar-refractivity contribution in [1.82, 2.24) is 10.2 Å². The van der Waals surface area contributed by atoms with Crippen molar-refractivity contribution in [2.75, 3.05) is 19.6 Å². The molecule has 0 radical (unpaired) electrons. The van der Waals surface area contributed by atoms with Crippen LogP contribution < -0.4 is 5.32 Å². The topological polar surface area (TPSA) is 15.3 Å². The molecule has 0 bridgehead atoms. The summed E-state index contributed by atoms with van der Waals surface area (Å²) in [5.41, 5.74) is 4.70. The van der Waals surface area contributed by atoms with E-state index in [1.54, 1.807) is 16.7 Å². The van der Waals surface area contributed by atoms with E-state index in [1.165, 1.54) is 45.2 Å². The van der Waals surface area contributed by atoms with Crippen molar-refractivity contribution < 1.29 is 0 Å². The predicted molar refractivity (Wildman–Crippen MR) is 75.6 cm³/mol. The van der Waals surface area contributed by atoms with E-state index >= 15 is 0 Å². The minimum atomic E-state index is 1.07. The van der Waals surface area contributed by atoms with E-state index in [0.29, 0.717) is 0 Å². The minimum absolute atomic E-state index is 1.07. The fourth-order valence-electron chi connectivity index (χ4n) is 3.27. The summed E-state index contributed by atoms with van der Waals surface area (Å²) in [6, 6.07) is 6.89. The van der Waals surface area contributed by atoms with Crippen LogP contribution in [0, 0.1) is 0 Å². The Labute approximate surface area is 110 Å². The van der Waals surface area contributed by atoms with Gasteiger partial charge in [0, 0.05) is 13.1 Å². The summed E-state index contributed by atoms with van der Waals surface area (Å²) in [5, 5.41) is 3.51. The number of hydrogen-bond donors (Lipinski definition) is 1. The third-order valence-electron chi connectivity index (χ3n) is 4.34. The van der Waals surface area contributed by atoms with Crippen molar-refractivity contribution in [1.29, 1.82) is 0 Å². The predicted octanol–water partition coefficient (Wildman–Crippen LogP) is 2.71. The number of rotatable bonds is 2. The van der Waals surface area contributed by atoms with E-state index in [4.69, 9.17) is 0 Å². The summed E-state index contributed by atoms with van der Waals surface area (Å²) in [4.78, 5) is 2.65. The molecule has 1 saturated heterocycles. The maximum absolute atomic E-state index is 3.51. The second-order valence-electron chi connectivity index (χ2n) is 5.67. The highest BCUT2D eigenvalue weighted by Gasteiger charge is 2.15. The minimum Gasteiger partial charge on any atom is -0.312 e. The molecule has 0 unspecified atom stereocenters. The Hall–Kier alpha value is -0.860. The normalized spacial score (nSPS) is 21.3. The Kier molecular flexibility index (Phi) is 3.96. The molecule has 0 aromatic heterocycles. The molecule has 0 saturated carbocycles. The molecule has 2 heteroatoms. The molecule has 2 nitrogen and oxygen atoms in total. The van der Waals surface area contributed by atoms with Gasteiger partial charge in [0.15, 0.2) is 0 Å². The van der Waals surface area contributed by atoms with E-state index in [-0.39, 0.29) is 0 Å². The Bertz CT molecular complexity index is 392. The van der Waals surface area contributed by atoms with Gasteiger partial charge in [-0.3, -0.25) is 4.90 Å². The molecule has 1 fully saturated rings. The van der Waals surface area contributed by atoms with Crippen LogP contribution in [0.4, 0.5) is 0 Å². The summed E-state index contributed by atoms with van der Waals surface area (Å²) in [5.74, 6) is 0. The fraction of sp³-hybridized carbons (Fsp3) is 0.625. The monoisotopic (exact) mass is 244 g/mol. The number of likely N-dealkylation sites (tertiary alicyclic amines) is 1. The number of fused-ring (bicyclic) bond motifs is 1. The number of hydrogen-bond acceptors (Lipinski definition) is 2. The van der Waals surface area contributed by atoms with Crippen molar-refractivity contribution >= 4 is 0 Å². The molecule has 1 aromatic carbocycles. The average molecular weight is 244 g/mol. The second-order valence-corrected chi connectivity index (χ2v) is 5.67. The van der Waals surface area contributed by atoms with Gasteiger partial charge in [0.2, 0.25) is 0 Å². The van der Waals surface area contributed by atoms with Gasteiger partial charge in [-0.05, 0) is 55.6 Å². The Balaban J connectivity index is 1.75. The quantitative estimate of drug-likeness (QED) is 0.860. The SMILES string of the molecule is c1cc2c(c(CN3CCCCCC3)c1)CNCC2. The molecule has 98 valence electrons. The maximum atomic E-state index is 3.51. The lowest BCUT2D eigenvalue weighted by atomic mass is 9.95. The molecular formula is C16H24N2. The molecule has 1 N–H and O–H groups in total. The lowest BCUT2D eigenvalue weighted by Crippen LogP contribution is -2.28. The van der Waals surface area contributed by atoms with E-state index < -0.39 is 0 Å². The van der Waals surface area contributed by atoms with Crippen LogP contribution in [0.2, 0.25) is 0 Å². The molecule has 0 aliphatic carbocycles.